The molecule has 1 N–H and O–H groups in total. The van der Waals surface area contributed by atoms with Gasteiger partial charge in [0.25, 0.3) is 5.91 Å². The highest BCUT2D eigenvalue weighted by Crippen LogP contribution is 2.28. The Hall–Kier alpha value is -3.46. The van der Waals surface area contributed by atoms with Crippen LogP contribution in [0.5, 0.6) is 0 Å². The van der Waals surface area contributed by atoms with E-state index >= 15 is 0 Å². The number of aryl methyl sites for hydroxylation is 2. The van der Waals surface area contributed by atoms with E-state index in [1.807, 2.05) is 25.1 Å². The largest absolute Gasteiger partial charge is 0.444 e. The fraction of sp³-hybridized carbons (Fsp3) is 0.111. The first-order valence-corrected chi connectivity index (χ1v) is 8.81. The van der Waals surface area contributed by atoms with Gasteiger partial charge in [-0.25, -0.2) is 9.97 Å². The van der Waals surface area contributed by atoms with Gasteiger partial charge < -0.3 is 9.73 Å². The number of hydrogen-bond acceptors (Lipinski definition) is 8. The Balaban J connectivity index is 1.58. The quantitative estimate of drug-likeness (QED) is 0.579. The summed E-state index contributed by atoms with van der Waals surface area (Å²) in [5.41, 5.74) is 4.16. The second-order valence-electron chi connectivity index (χ2n) is 5.82. The Morgan fingerprint density at radius 2 is 2.04 bits per heavy atom. The molecular weight excluding hydrogens is 364 g/mol. The van der Waals surface area contributed by atoms with Crippen LogP contribution in [-0.4, -0.2) is 30.4 Å². The first-order valence-electron chi connectivity index (χ1n) is 8.04. The van der Waals surface area contributed by atoms with E-state index in [4.69, 9.17) is 4.42 Å². The van der Waals surface area contributed by atoms with Gasteiger partial charge in [-0.2, -0.15) is 0 Å². The molecule has 4 rings (SSSR count). The number of amides is 1. The lowest BCUT2D eigenvalue weighted by Gasteiger charge is -2.08. The van der Waals surface area contributed by atoms with Crippen LogP contribution in [0.4, 0.5) is 5.82 Å². The SMILES string of the molecule is Cc1ccc(-c2cnco2)cc1-c1cnc(NC(=O)c2snnc2C)cn1. The summed E-state index contributed by atoms with van der Waals surface area (Å²) in [6, 6.07) is 5.93. The lowest BCUT2D eigenvalue weighted by molar-refractivity contribution is 0.102. The first-order chi connectivity index (χ1) is 13.1. The molecule has 0 aliphatic rings. The summed E-state index contributed by atoms with van der Waals surface area (Å²) in [7, 11) is 0. The molecular formula is C18H14N6O2S. The molecule has 0 aliphatic heterocycles. The standard InChI is InChI=1S/C18H14N6O2S/c1-10-3-4-12(15-7-19-9-26-15)5-13(10)14-6-21-16(8-20-14)22-18(25)17-11(2)23-24-27-17/h3-9H,1-2H3,(H,21,22,25). The molecule has 134 valence electrons. The Morgan fingerprint density at radius 3 is 2.70 bits per heavy atom. The van der Waals surface area contributed by atoms with Crippen LogP contribution in [-0.2, 0) is 0 Å². The maximum Gasteiger partial charge on any atom is 0.270 e. The number of anilines is 1. The average Bonchev–Trinajstić information content (AvgIpc) is 3.35. The van der Waals surface area contributed by atoms with Crippen molar-refractivity contribution in [3.8, 4) is 22.6 Å². The minimum absolute atomic E-state index is 0.298. The summed E-state index contributed by atoms with van der Waals surface area (Å²) in [5, 5.41) is 6.54. The second-order valence-corrected chi connectivity index (χ2v) is 6.58. The van der Waals surface area contributed by atoms with Crippen LogP contribution >= 0.6 is 11.5 Å². The van der Waals surface area contributed by atoms with Crippen molar-refractivity contribution in [1.29, 1.82) is 0 Å². The third-order valence-electron chi connectivity index (χ3n) is 3.98. The zero-order valence-corrected chi connectivity index (χ0v) is 15.3. The average molecular weight is 378 g/mol. The Morgan fingerprint density at radius 1 is 1.15 bits per heavy atom. The predicted molar refractivity (Wildman–Crippen MR) is 100 cm³/mol. The number of benzene rings is 1. The second kappa shape index (κ2) is 7.04. The Bertz CT molecular complexity index is 1090. The van der Waals surface area contributed by atoms with E-state index < -0.39 is 0 Å². The van der Waals surface area contributed by atoms with Gasteiger partial charge in [0.15, 0.2) is 18.0 Å². The van der Waals surface area contributed by atoms with Crippen LogP contribution in [0.3, 0.4) is 0 Å². The van der Waals surface area contributed by atoms with Crippen molar-refractivity contribution in [3.63, 3.8) is 0 Å². The number of oxazole rings is 1. The van der Waals surface area contributed by atoms with E-state index in [1.165, 1.54) is 12.6 Å². The minimum Gasteiger partial charge on any atom is -0.444 e. The molecule has 27 heavy (non-hydrogen) atoms. The lowest BCUT2D eigenvalue weighted by Crippen LogP contribution is -2.13. The van der Waals surface area contributed by atoms with E-state index in [1.54, 1.807) is 19.3 Å². The highest BCUT2D eigenvalue weighted by Gasteiger charge is 2.14. The van der Waals surface area contributed by atoms with Gasteiger partial charge in [-0.1, -0.05) is 16.6 Å². The number of rotatable bonds is 4. The zero-order chi connectivity index (χ0) is 18.8. The van der Waals surface area contributed by atoms with Gasteiger partial charge in [0.1, 0.15) is 4.88 Å². The number of carbonyl (C=O) groups is 1. The molecule has 0 spiro atoms. The van der Waals surface area contributed by atoms with Gasteiger partial charge in [-0.05, 0) is 37.0 Å². The van der Waals surface area contributed by atoms with Crippen LogP contribution in [0.25, 0.3) is 22.6 Å². The highest BCUT2D eigenvalue weighted by molar-refractivity contribution is 7.08. The van der Waals surface area contributed by atoms with Crippen molar-refractivity contribution in [2.24, 2.45) is 0 Å². The fourth-order valence-electron chi connectivity index (χ4n) is 2.55. The number of aromatic nitrogens is 5. The Kier molecular flexibility index (Phi) is 4.43. The number of carbonyl (C=O) groups excluding carboxylic acids is 1. The van der Waals surface area contributed by atoms with Gasteiger partial charge in [0.05, 0.1) is 30.0 Å². The molecule has 0 radical (unpaired) electrons. The van der Waals surface area contributed by atoms with E-state index in [2.05, 4.69) is 29.9 Å². The molecule has 3 aromatic heterocycles. The number of nitrogens with zero attached hydrogens (tertiary/aromatic N) is 5. The van der Waals surface area contributed by atoms with Crippen molar-refractivity contribution in [3.05, 3.63) is 59.3 Å². The molecule has 0 bridgehead atoms. The van der Waals surface area contributed by atoms with Gasteiger partial charge in [-0.3, -0.25) is 9.78 Å². The number of nitrogens with one attached hydrogen (secondary N) is 1. The summed E-state index contributed by atoms with van der Waals surface area (Å²) in [4.78, 5) is 25.4. The van der Waals surface area contributed by atoms with Crippen molar-refractivity contribution in [2.45, 2.75) is 13.8 Å². The molecule has 0 saturated heterocycles. The summed E-state index contributed by atoms with van der Waals surface area (Å²) >= 11 is 1.04. The molecule has 0 atom stereocenters. The van der Waals surface area contributed by atoms with Gasteiger partial charge in [0.2, 0.25) is 0 Å². The van der Waals surface area contributed by atoms with Gasteiger partial charge in [0, 0.05) is 11.1 Å². The van der Waals surface area contributed by atoms with Crippen LogP contribution in [0, 0.1) is 13.8 Å². The molecule has 0 fully saturated rings. The monoisotopic (exact) mass is 378 g/mol. The minimum atomic E-state index is -0.298. The molecule has 0 saturated carbocycles. The van der Waals surface area contributed by atoms with Crippen LogP contribution in [0.15, 0.2) is 47.6 Å². The van der Waals surface area contributed by atoms with Crippen LogP contribution in [0.2, 0.25) is 0 Å². The summed E-state index contributed by atoms with van der Waals surface area (Å²) in [5.74, 6) is 0.746. The Labute approximate surface area is 158 Å². The molecule has 3 heterocycles. The topological polar surface area (TPSA) is 107 Å². The lowest BCUT2D eigenvalue weighted by atomic mass is 10.0. The first kappa shape index (κ1) is 17.0. The van der Waals surface area contributed by atoms with E-state index in [0.29, 0.717) is 27.8 Å². The maximum absolute atomic E-state index is 12.2. The third kappa shape index (κ3) is 3.44. The summed E-state index contributed by atoms with van der Waals surface area (Å²) < 4.78 is 9.11. The predicted octanol–water partition coefficient (Wildman–Crippen LogP) is 3.52. The summed E-state index contributed by atoms with van der Waals surface area (Å²) in [6.45, 7) is 3.73. The highest BCUT2D eigenvalue weighted by atomic mass is 32.1. The van der Waals surface area contributed by atoms with Crippen LogP contribution in [0.1, 0.15) is 20.9 Å². The van der Waals surface area contributed by atoms with E-state index in [9.17, 15) is 4.79 Å². The molecule has 9 heteroatoms. The molecule has 0 aliphatic carbocycles. The van der Waals surface area contributed by atoms with E-state index in [-0.39, 0.29) is 5.91 Å². The molecule has 1 aromatic carbocycles. The molecule has 0 unspecified atom stereocenters. The fourth-order valence-corrected chi connectivity index (χ4v) is 3.11. The van der Waals surface area contributed by atoms with Crippen molar-refractivity contribution in [1.82, 2.24) is 24.5 Å². The van der Waals surface area contributed by atoms with Crippen LogP contribution < -0.4 is 5.32 Å². The zero-order valence-electron chi connectivity index (χ0n) is 14.5. The molecule has 4 aromatic rings. The van der Waals surface area contributed by atoms with Crippen molar-refractivity contribution < 1.29 is 9.21 Å². The smallest absolute Gasteiger partial charge is 0.270 e. The maximum atomic E-state index is 12.2. The van der Waals surface area contributed by atoms with Gasteiger partial charge >= 0.3 is 0 Å². The van der Waals surface area contributed by atoms with Gasteiger partial charge in [-0.15, -0.1) is 5.10 Å². The molecule has 1 amide bonds. The van der Waals surface area contributed by atoms with E-state index in [0.717, 1.165) is 28.2 Å². The third-order valence-corrected chi connectivity index (χ3v) is 4.81. The van der Waals surface area contributed by atoms with Crippen molar-refractivity contribution in [2.75, 3.05) is 5.32 Å². The normalized spacial score (nSPS) is 10.7. The number of hydrogen-bond donors (Lipinski definition) is 1. The van der Waals surface area contributed by atoms with Crippen molar-refractivity contribution >= 4 is 23.3 Å². The summed E-state index contributed by atoms with van der Waals surface area (Å²) in [6.07, 6.45) is 6.21. The molecule has 8 nitrogen and oxygen atoms in total.